The van der Waals surface area contributed by atoms with Gasteiger partial charge in [0.05, 0.1) is 37.1 Å². The number of amides is 2. The number of aryl methyl sites for hydroxylation is 1. The third-order valence-electron chi connectivity index (χ3n) is 7.74. The average Bonchev–Trinajstić information content (AvgIpc) is 3.32. The summed E-state index contributed by atoms with van der Waals surface area (Å²) in [6, 6.07) is 9.56. The van der Waals surface area contributed by atoms with Crippen molar-refractivity contribution in [2.75, 3.05) is 32.3 Å². The van der Waals surface area contributed by atoms with Crippen LogP contribution in [-0.4, -0.2) is 67.3 Å². The molecular formula is C33H39N3O5S2. The van der Waals surface area contributed by atoms with Crippen molar-refractivity contribution in [3.63, 3.8) is 0 Å². The highest BCUT2D eigenvalue weighted by Gasteiger charge is 2.43. The van der Waals surface area contributed by atoms with Crippen molar-refractivity contribution < 1.29 is 23.8 Å². The Balaban J connectivity index is 1.18. The van der Waals surface area contributed by atoms with E-state index in [2.05, 4.69) is 29.6 Å². The van der Waals surface area contributed by atoms with Gasteiger partial charge in [-0.3, -0.25) is 14.6 Å². The first-order chi connectivity index (χ1) is 21.0. The number of methoxy groups -OCH3 is 1. The molecule has 0 bridgehead atoms. The van der Waals surface area contributed by atoms with Crippen molar-refractivity contribution in [3.05, 3.63) is 71.3 Å². The Morgan fingerprint density at radius 2 is 1.95 bits per heavy atom. The maximum Gasteiger partial charge on any atom is 0.257 e. The minimum absolute atomic E-state index is 0.0398. The number of nitrogens with one attached hydrogen (secondary N) is 1. The number of carbonyl (C=O) groups excluding carboxylic acids is 2. The predicted molar refractivity (Wildman–Crippen MR) is 175 cm³/mol. The summed E-state index contributed by atoms with van der Waals surface area (Å²) in [6.45, 7) is 3.56. The van der Waals surface area contributed by atoms with Crippen LogP contribution in [-0.2, 0) is 11.4 Å². The zero-order chi connectivity index (χ0) is 30.2. The summed E-state index contributed by atoms with van der Waals surface area (Å²) in [5, 5.41) is 2.95. The van der Waals surface area contributed by atoms with Gasteiger partial charge in [0.2, 0.25) is 5.91 Å². The van der Waals surface area contributed by atoms with Crippen LogP contribution in [0.1, 0.15) is 47.2 Å². The van der Waals surface area contributed by atoms with Crippen molar-refractivity contribution in [2.45, 2.75) is 51.3 Å². The van der Waals surface area contributed by atoms with Gasteiger partial charge in [0.1, 0.15) is 12.4 Å². The van der Waals surface area contributed by atoms with E-state index in [1.807, 2.05) is 42.5 Å². The molecule has 2 unspecified atom stereocenters. The summed E-state index contributed by atoms with van der Waals surface area (Å²) in [5.41, 5.74) is 3.12. The number of aliphatic imine (C=N–C) groups is 1. The van der Waals surface area contributed by atoms with E-state index in [1.54, 1.807) is 40.8 Å². The molecule has 3 aliphatic rings. The van der Waals surface area contributed by atoms with Gasteiger partial charge in [0, 0.05) is 36.9 Å². The quantitative estimate of drug-likeness (QED) is 0.196. The van der Waals surface area contributed by atoms with Crippen molar-refractivity contribution in [1.82, 2.24) is 10.2 Å². The second-order valence-corrected chi connectivity index (χ2v) is 13.5. The largest absolute Gasteiger partial charge is 0.494 e. The molecule has 2 aromatic carbocycles. The lowest BCUT2D eigenvalue weighted by Gasteiger charge is -2.28. The minimum atomic E-state index is -0.0467. The summed E-state index contributed by atoms with van der Waals surface area (Å²) >= 11 is 0. The smallest absolute Gasteiger partial charge is 0.257 e. The van der Waals surface area contributed by atoms with E-state index in [1.165, 1.54) is 0 Å². The second kappa shape index (κ2) is 14.9. The summed E-state index contributed by atoms with van der Waals surface area (Å²) in [4.78, 5) is 32.3. The summed E-state index contributed by atoms with van der Waals surface area (Å²) in [7, 11) is 5.03. The van der Waals surface area contributed by atoms with Crippen LogP contribution in [0.15, 0.2) is 59.6 Å². The van der Waals surface area contributed by atoms with Crippen LogP contribution in [0.2, 0.25) is 0 Å². The Bertz CT molecular complexity index is 1410. The van der Waals surface area contributed by atoms with Gasteiger partial charge in [-0.1, -0.05) is 52.0 Å². The lowest BCUT2D eigenvalue weighted by atomic mass is 9.95. The first kappa shape index (κ1) is 31.1. The van der Waals surface area contributed by atoms with Crippen LogP contribution in [0, 0.1) is 12.8 Å². The van der Waals surface area contributed by atoms with Gasteiger partial charge < -0.3 is 24.4 Å². The SMILES string of the molecule is COc1cc2c(cc1OCc1cc(C)cc(OCCCCC(=O)NCCSSC)c1)N=C[C@@H]1CC3C=CC=CC3N1C2=O. The van der Waals surface area contributed by atoms with Crippen LogP contribution < -0.4 is 19.5 Å². The van der Waals surface area contributed by atoms with Crippen molar-refractivity contribution >= 4 is 45.3 Å². The number of allylic oxidation sites excluding steroid dienone is 2. The number of carbonyl (C=O) groups is 2. The first-order valence-corrected chi connectivity index (χ1v) is 17.4. The van der Waals surface area contributed by atoms with Crippen molar-refractivity contribution in [1.29, 1.82) is 0 Å². The number of nitrogens with zero attached hydrogens (tertiary/aromatic N) is 2. The molecule has 1 saturated heterocycles. The number of benzene rings is 2. The van der Waals surface area contributed by atoms with Gasteiger partial charge in [0.15, 0.2) is 11.5 Å². The molecule has 10 heteroatoms. The van der Waals surface area contributed by atoms with Gasteiger partial charge in [-0.2, -0.15) is 0 Å². The van der Waals surface area contributed by atoms with Gasteiger partial charge in [0.25, 0.3) is 5.91 Å². The van der Waals surface area contributed by atoms with Gasteiger partial charge in [-0.05, 0) is 61.8 Å². The predicted octanol–water partition coefficient (Wildman–Crippen LogP) is 6.30. The molecule has 0 aromatic heterocycles. The van der Waals surface area contributed by atoms with E-state index in [-0.39, 0.29) is 23.9 Å². The number of ether oxygens (including phenoxy) is 3. The minimum Gasteiger partial charge on any atom is -0.494 e. The molecule has 8 nitrogen and oxygen atoms in total. The molecule has 43 heavy (non-hydrogen) atoms. The lowest BCUT2D eigenvalue weighted by Crippen LogP contribution is -2.41. The number of hydrogen-bond acceptors (Lipinski definition) is 8. The van der Waals surface area contributed by atoms with Crippen LogP contribution in [0.3, 0.4) is 0 Å². The summed E-state index contributed by atoms with van der Waals surface area (Å²) < 4.78 is 17.9. The zero-order valence-corrected chi connectivity index (χ0v) is 26.5. The van der Waals surface area contributed by atoms with Crippen LogP contribution in [0.25, 0.3) is 0 Å². The van der Waals surface area contributed by atoms with Crippen LogP contribution >= 0.6 is 21.6 Å². The molecule has 2 aromatic rings. The van der Waals surface area contributed by atoms with Gasteiger partial charge in [-0.25, -0.2) is 0 Å². The monoisotopic (exact) mass is 621 g/mol. The fourth-order valence-electron chi connectivity index (χ4n) is 5.73. The topological polar surface area (TPSA) is 89.5 Å². The number of rotatable bonds is 14. The molecule has 1 aliphatic carbocycles. The molecule has 2 heterocycles. The molecule has 0 radical (unpaired) electrons. The van der Waals surface area contributed by atoms with Crippen molar-refractivity contribution in [2.24, 2.45) is 10.9 Å². The highest BCUT2D eigenvalue weighted by molar-refractivity contribution is 8.76. The third kappa shape index (κ3) is 7.78. The molecule has 2 amide bonds. The summed E-state index contributed by atoms with van der Waals surface area (Å²) in [6.07, 6.45) is 15.2. The molecule has 0 saturated carbocycles. The number of hydrogen-bond donors (Lipinski definition) is 1. The molecule has 228 valence electrons. The Morgan fingerprint density at radius 3 is 2.79 bits per heavy atom. The highest BCUT2D eigenvalue weighted by atomic mass is 33.1. The van der Waals surface area contributed by atoms with Gasteiger partial charge >= 0.3 is 0 Å². The standard InChI is InChI=1S/C33H39N3O5S2/c1-22-14-23(16-26(15-22)40-12-7-6-10-32(37)34-11-13-43-42-3)21-41-31-19-28-27(18-30(31)39-2)33(38)36-25(20-35-28)17-24-8-4-5-9-29(24)36/h4-5,8-9,14-16,18-20,24-25,29H,6-7,10-13,17,21H2,1-3H3,(H,34,37)/t24?,25-,29?/m0/s1. The fourth-order valence-corrected chi connectivity index (χ4v) is 6.83. The highest BCUT2D eigenvalue weighted by Crippen LogP contribution is 2.41. The molecule has 0 spiro atoms. The average molecular weight is 622 g/mol. The second-order valence-electron chi connectivity index (χ2n) is 10.8. The van der Waals surface area contributed by atoms with E-state index in [0.717, 1.165) is 41.9 Å². The molecule has 1 fully saturated rings. The van der Waals surface area contributed by atoms with Gasteiger partial charge in [-0.15, -0.1) is 0 Å². The third-order valence-corrected chi connectivity index (χ3v) is 9.55. The molecular weight excluding hydrogens is 583 g/mol. The molecule has 5 rings (SSSR count). The van der Waals surface area contributed by atoms with Crippen LogP contribution in [0.5, 0.6) is 17.2 Å². The Hall–Kier alpha value is -3.37. The van der Waals surface area contributed by atoms with E-state index < -0.39 is 0 Å². The van der Waals surface area contributed by atoms with E-state index >= 15 is 0 Å². The number of fused-ring (bicyclic) bond motifs is 4. The van der Waals surface area contributed by atoms with Crippen molar-refractivity contribution in [3.8, 4) is 17.2 Å². The van der Waals surface area contributed by atoms with E-state index in [0.29, 0.717) is 54.8 Å². The fraction of sp³-hybridized carbons (Fsp3) is 0.424. The van der Waals surface area contributed by atoms with E-state index in [4.69, 9.17) is 19.2 Å². The molecule has 3 atom stereocenters. The Kier molecular flexibility index (Phi) is 10.8. The Labute approximate surface area is 261 Å². The maximum absolute atomic E-state index is 13.7. The molecule has 1 N–H and O–H groups in total. The number of unbranched alkanes of at least 4 members (excludes halogenated alkanes) is 1. The molecule has 2 aliphatic heterocycles. The lowest BCUT2D eigenvalue weighted by molar-refractivity contribution is -0.121. The summed E-state index contributed by atoms with van der Waals surface area (Å²) in [5.74, 6) is 3.07. The van der Waals surface area contributed by atoms with E-state index in [9.17, 15) is 9.59 Å². The van der Waals surface area contributed by atoms with Crippen LogP contribution in [0.4, 0.5) is 5.69 Å². The maximum atomic E-state index is 13.7. The first-order valence-electron chi connectivity index (χ1n) is 14.7. The Morgan fingerprint density at radius 1 is 1.09 bits per heavy atom. The zero-order valence-electron chi connectivity index (χ0n) is 24.9. The normalized spacial score (nSPS) is 19.8.